The highest BCUT2D eigenvalue weighted by atomic mass is 16.1. The van der Waals surface area contributed by atoms with E-state index < -0.39 is 0 Å². The first-order chi connectivity index (χ1) is 8.74. The number of aromatic amines is 1. The maximum absolute atomic E-state index is 11.7. The molecule has 0 atom stereocenters. The molecule has 0 saturated carbocycles. The third-order valence-corrected chi connectivity index (χ3v) is 3.04. The second kappa shape index (κ2) is 4.14. The maximum Gasteiger partial charge on any atom is 0.274 e. The minimum Gasteiger partial charge on any atom is -0.295 e. The van der Waals surface area contributed by atoms with Crippen LogP contribution in [0.5, 0.6) is 0 Å². The van der Waals surface area contributed by atoms with Gasteiger partial charge in [0, 0.05) is 19.4 Å². The molecule has 0 aliphatic carbocycles. The summed E-state index contributed by atoms with van der Waals surface area (Å²) in [5.74, 6) is 0. The van der Waals surface area contributed by atoms with Gasteiger partial charge in [-0.05, 0) is 35.7 Å². The van der Waals surface area contributed by atoms with E-state index in [9.17, 15) is 4.79 Å². The van der Waals surface area contributed by atoms with E-state index in [4.69, 9.17) is 0 Å². The highest BCUT2D eigenvalue weighted by molar-refractivity contribution is 5.78. The summed E-state index contributed by atoms with van der Waals surface area (Å²) in [5.41, 5.74) is 3.22. The molecule has 18 heavy (non-hydrogen) atoms. The molecule has 1 N–H and O–H groups in total. The Hall–Kier alpha value is -2.36. The maximum atomic E-state index is 11.7. The zero-order valence-electron chi connectivity index (χ0n) is 10.1. The summed E-state index contributed by atoms with van der Waals surface area (Å²) in [4.78, 5) is 15.8. The van der Waals surface area contributed by atoms with E-state index in [0.29, 0.717) is 0 Å². The fourth-order valence-corrected chi connectivity index (χ4v) is 2.13. The van der Waals surface area contributed by atoms with Crippen molar-refractivity contribution in [3.05, 3.63) is 64.2 Å². The van der Waals surface area contributed by atoms with Gasteiger partial charge in [-0.15, -0.1) is 0 Å². The van der Waals surface area contributed by atoms with Gasteiger partial charge in [-0.2, -0.15) is 0 Å². The number of pyridine rings is 1. The van der Waals surface area contributed by atoms with E-state index in [2.05, 4.69) is 10.1 Å². The average molecular weight is 239 g/mol. The largest absolute Gasteiger partial charge is 0.295 e. The molecular formula is C14H13N3O. The Labute approximate surface area is 104 Å². The van der Waals surface area contributed by atoms with Crippen LogP contribution in [0.15, 0.2) is 47.5 Å². The van der Waals surface area contributed by atoms with Crippen molar-refractivity contribution in [2.24, 2.45) is 7.05 Å². The lowest BCUT2D eigenvalue weighted by atomic mass is 10.1. The first-order valence-corrected chi connectivity index (χ1v) is 5.80. The molecule has 0 aliphatic rings. The lowest BCUT2D eigenvalue weighted by molar-refractivity contribution is 0.751. The van der Waals surface area contributed by atoms with Crippen LogP contribution in [-0.2, 0) is 13.5 Å². The Balaban J connectivity index is 2.01. The van der Waals surface area contributed by atoms with Crippen molar-refractivity contribution in [3.8, 4) is 0 Å². The second-order valence-corrected chi connectivity index (χ2v) is 4.39. The summed E-state index contributed by atoms with van der Waals surface area (Å²) in [7, 11) is 1.73. The van der Waals surface area contributed by atoms with Crippen molar-refractivity contribution in [3.63, 3.8) is 0 Å². The monoisotopic (exact) mass is 239 g/mol. The zero-order chi connectivity index (χ0) is 12.5. The minimum atomic E-state index is 0.0120. The Morgan fingerprint density at radius 1 is 1.28 bits per heavy atom. The van der Waals surface area contributed by atoms with E-state index in [1.807, 2.05) is 36.5 Å². The van der Waals surface area contributed by atoms with Crippen molar-refractivity contribution in [2.75, 3.05) is 0 Å². The van der Waals surface area contributed by atoms with Crippen LogP contribution in [0.25, 0.3) is 10.9 Å². The summed E-state index contributed by atoms with van der Waals surface area (Å²) in [6.45, 7) is 0. The number of rotatable bonds is 2. The highest BCUT2D eigenvalue weighted by Gasteiger charge is 2.04. The third-order valence-electron chi connectivity index (χ3n) is 3.04. The summed E-state index contributed by atoms with van der Waals surface area (Å²) in [5, 5.41) is 3.77. The van der Waals surface area contributed by atoms with Crippen molar-refractivity contribution >= 4 is 10.9 Å². The number of H-pyrrole nitrogens is 1. The first-order valence-electron chi connectivity index (χ1n) is 5.80. The van der Waals surface area contributed by atoms with Crippen LogP contribution in [-0.4, -0.2) is 14.8 Å². The predicted octanol–water partition coefficient (Wildman–Crippen LogP) is 1.85. The number of nitrogens with one attached hydrogen (secondary N) is 1. The van der Waals surface area contributed by atoms with Crippen LogP contribution in [0.2, 0.25) is 0 Å². The molecule has 0 amide bonds. The minimum absolute atomic E-state index is 0.0120. The van der Waals surface area contributed by atoms with Gasteiger partial charge in [0.05, 0.1) is 10.9 Å². The number of nitrogens with zero attached hydrogens (tertiary/aromatic N) is 2. The molecule has 4 nitrogen and oxygen atoms in total. The zero-order valence-corrected chi connectivity index (χ0v) is 10.1. The Bertz CT molecular complexity index is 741. The van der Waals surface area contributed by atoms with Crippen LogP contribution < -0.4 is 5.56 Å². The molecule has 0 fully saturated rings. The second-order valence-electron chi connectivity index (χ2n) is 4.39. The van der Waals surface area contributed by atoms with Crippen LogP contribution in [0.3, 0.4) is 0 Å². The van der Waals surface area contributed by atoms with Gasteiger partial charge in [0.1, 0.15) is 0 Å². The van der Waals surface area contributed by atoms with Crippen molar-refractivity contribution in [2.45, 2.75) is 6.42 Å². The number of benzene rings is 1. The van der Waals surface area contributed by atoms with Gasteiger partial charge in [-0.25, -0.2) is 0 Å². The summed E-state index contributed by atoms with van der Waals surface area (Å²) in [6, 6.07) is 9.86. The predicted molar refractivity (Wildman–Crippen MR) is 70.6 cm³/mol. The van der Waals surface area contributed by atoms with Crippen LogP contribution >= 0.6 is 0 Å². The smallest absolute Gasteiger partial charge is 0.274 e. The molecule has 1 aromatic carbocycles. The number of aryl methyl sites for hydroxylation is 1. The number of aromatic nitrogens is 3. The van der Waals surface area contributed by atoms with E-state index in [0.717, 1.165) is 28.5 Å². The molecule has 90 valence electrons. The van der Waals surface area contributed by atoms with E-state index >= 15 is 0 Å². The molecule has 0 unspecified atom stereocenters. The molecule has 0 aliphatic heterocycles. The van der Waals surface area contributed by atoms with Crippen LogP contribution in [0, 0.1) is 0 Å². The first kappa shape index (κ1) is 10.8. The van der Waals surface area contributed by atoms with E-state index in [1.165, 1.54) is 4.68 Å². The summed E-state index contributed by atoms with van der Waals surface area (Å²) >= 11 is 0. The van der Waals surface area contributed by atoms with Crippen molar-refractivity contribution in [1.29, 1.82) is 0 Å². The third kappa shape index (κ3) is 1.82. The molecule has 3 rings (SSSR count). The fourth-order valence-electron chi connectivity index (χ4n) is 2.13. The molecule has 3 aromatic rings. The SMILES string of the molecule is Cn1[nH]c2cc(Cc3cccnc3)ccc2c1=O. The fraction of sp³-hybridized carbons (Fsp3) is 0.143. The molecular weight excluding hydrogens is 226 g/mol. The molecule has 0 saturated heterocycles. The molecule has 0 spiro atoms. The lowest BCUT2D eigenvalue weighted by Crippen LogP contribution is -2.10. The highest BCUT2D eigenvalue weighted by Crippen LogP contribution is 2.13. The number of hydrogen-bond acceptors (Lipinski definition) is 2. The van der Waals surface area contributed by atoms with Crippen LogP contribution in [0.4, 0.5) is 0 Å². The van der Waals surface area contributed by atoms with Gasteiger partial charge in [0.2, 0.25) is 0 Å². The van der Waals surface area contributed by atoms with Gasteiger partial charge in [0.25, 0.3) is 5.56 Å². The Morgan fingerprint density at radius 3 is 2.94 bits per heavy atom. The molecule has 2 aromatic heterocycles. The van der Waals surface area contributed by atoms with Crippen molar-refractivity contribution in [1.82, 2.24) is 14.8 Å². The summed E-state index contributed by atoms with van der Waals surface area (Å²) < 4.78 is 1.50. The number of fused-ring (bicyclic) bond motifs is 1. The average Bonchev–Trinajstić information content (AvgIpc) is 2.66. The van der Waals surface area contributed by atoms with E-state index in [-0.39, 0.29) is 5.56 Å². The number of hydrogen-bond donors (Lipinski definition) is 1. The quantitative estimate of drug-likeness (QED) is 0.742. The van der Waals surface area contributed by atoms with Gasteiger partial charge >= 0.3 is 0 Å². The van der Waals surface area contributed by atoms with Gasteiger partial charge < -0.3 is 0 Å². The standard InChI is InChI=1S/C14H13N3O/c1-17-14(18)12-5-4-10(8-13(12)16-17)7-11-3-2-6-15-9-11/h2-6,8-9,16H,7H2,1H3. The topological polar surface area (TPSA) is 50.7 Å². The Morgan fingerprint density at radius 2 is 2.17 bits per heavy atom. The van der Waals surface area contributed by atoms with Crippen molar-refractivity contribution < 1.29 is 0 Å². The van der Waals surface area contributed by atoms with Gasteiger partial charge in [0.15, 0.2) is 0 Å². The summed E-state index contributed by atoms with van der Waals surface area (Å²) in [6.07, 6.45) is 4.44. The Kier molecular flexibility index (Phi) is 2.48. The van der Waals surface area contributed by atoms with E-state index in [1.54, 1.807) is 13.2 Å². The van der Waals surface area contributed by atoms with Gasteiger partial charge in [-0.1, -0.05) is 12.1 Å². The van der Waals surface area contributed by atoms with Gasteiger partial charge in [-0.3, -0.25) is 19.6 Å². The molecule has 0 bridgehead atoms. The molecule has 4 heteroatoms. The lowest BCUT2D eigenvalue weighted by Gasteiger charge is -2.00. The molecule has 0 radical (unpaired) electrons. The normalized spacial score (nSPS) is 10.9. The molecule has 2 heterocycles. The van der Waals surface area contributed by atoms with Crippen LogP contribution in [0.1, 0.15) is 11.1 Å².